The Bertz CT molecular complexity index is 590. The van der Waals surface area contributed by atoms with Crippen LogP contribution in [0.25, 0.3) is 11.1 Å². The molecule has 0 saturated carbocycles. The molecule has 3 heteroatoms. The van der Waals surface area contributed by atoms with E-state index >= 15 is 0 Å². The van der Waals surface area contributed by atoms with Crippen LogP contribution in [-0.4, -0.2) is 19.2 Å². The molecule has 0 fully saturated rings. The Morgan fingerprint density at radius 2 is 1.50 bits per heavy atom. The van der Waals surface area contributed by atoms with Crippen LogP contribution in [-0.2, 0) is 9.53 Å². The van der Waals surface area contributed by atoms with E-state index in [-0.39, 0.29) is 12.6 Å². The highest BCUT2D eigenvalue weighted by Gasteiger charge is 2.04. The van der Waals surface area contributed by atoms with E-state index in [0.29, 0.717) is 12.4 Å². The van der Waals surface area contributed by atoms with Crippen LogP contribution in [0, 0.1) is 0 Å². The van der Waals surface area contributed by atoms with Crippen LogP contribution in [0.4, 0.5) is 0 Å². The third-order valence-corrected chi connectivity index (χ3v) is 3.83. The van der Waals surface area contributed by atoms with Gasteiger partial charge in [-0.05, 0) is 29.7 Å². The van der Waals surface area contributed by atoms with Crippen molar-refractivity contribution in [1.82, 2.24) is 0 Å². The smallest absolute Gasteiger partial charge is 0.344 e. The normalized spacial score (nSPS) is 10.4. The van der Waals surface area contributed by atoms with Gasteiger partial charge in [-0.2, -0.15) is 0 Å². The van der Waals surface area contributed by atoms with E-state index in [1.807, 2.05) is 42.5 Å². The van der Waals surface area contributed by atoms with Gasteiger partial charge < -0.3 is 9.47 Å². The van der Waals surface area contributed by atoms with Crippen molar-refractivity contribution in [2.24, 2.45) is 0 Å². The average Bonchev–Trinajstić information content (AvgIpc) is 2.64. The Kier molecular flexibility index (Phi) is 7.88. The van der Waals surface area contributed by atoms with E-state index in [4.69, 9.17) is 9.47 Å². The number of hydrogen-bond donors (Lipinski definition) is 0. The molecule has 0 unspecified atom stereocenters. The lowest BCUT2D eigenvalue weighted by atomic mass is 10.1. The second kappa shape index (κ2) is 10.5. The maximum Gasteiger partial charge on any atom is 0.344 e. The molecule has 0 aliphatic heterocycles. The third-order valence-electron chi connectivity index (χ3n) is 3.83. The van der Waals surface area contributed by atoms with Crippen LogP contribution in [0.1, 0.15) is 39.0 Å². The van der Waals surface area contributed by atoms with Crippen molar-refractivity contribution >= 4 is 5.97 Å². The lowest BCUT2D eigenvalue weighted by Crippen LogP contribution is -2.15. The summed E-state index contributed by atoms with van der Waals surface area (Å²) in [6.07, 6.45) is 5.71. The quantitative estimate of drug-likeness (QED) is 0.442. The van der Waals surface area contributed by atoms with Crippen molar-refractivity contribution in [3.63, 3.8) is 0 Å². The number of esters is 1. The van der Waals surface area contributed by atoms with Crippen LogP contribution in [0.2, 0.25) is 0 Å². The minimum atomic E-state index is -0.308. The summed E-state index contributed by atoms with van der Waals surface area (Å²) >= 11 is 0. The highest BCUT2D eigenvalue weighted by atomic mass is 16.6. The number of carbonyl (C=O) groups is 1. The molecule has 2 rings (SSSR count). The lowest BCUT2D eigenvalue weighted by molar-refractivity contribution is -0.146. The number of rotatable bonds is 10. The maximum absolute atomic E-state index is 11.6. The van der Waals surface area contributed by atoms with Crippen LogP contribution in [0.5, 0.6) is 5.75 Å². The zero-order chi connectivity index (χ0) is 17.0. The fraction of sp³-hybridized carbons (Fsp3) is 0.381. The van der Waals surface area contributed by atoms with E-state index < -0.39 is 0 Å². The minimum absolute atomic E-state index is 0.0420. The Morgan fingerprint density at radius 3 is 2.21 bits per heavy atom. The third kappa shape index (κ3) is 6.45. The largest absolute Gasteiger partial charge is 0.482 e. The number of benzene rings is 2. The summed E-state index contributed by atoms with van der Waals surface area (Å²) < 4.78 is 10.7. The zero-order valence-corrected chi connectivity index (χ0v) is 14.4. The average molecular weight is 326 g/mol. The summed E-state index contributed by atoms with van der Waals surface area (Å²) in [6.45, 7) is 2.63. The summed E-state index contributed by atoms with van der Waals surface area (Å²) in [5, 5.41) is 0. The minimum Gasteiger partial charge on any atom is -0.482 e. The summed E-state index contributed by atoms with van der Waals surface area (Å²) in [7, 11) is 0. The van der Waals surface area contributed by atoms with Gasteiger partial charge in [0.25, 0.3) is 0 Å². The lowest BCUT2D eigenvalue weighted by Gasteiger charge is -2.08. The SMILES string of the molecule is CCCCCCCOC(=O)COc1ccc(-c2ccccc2)cc1. The van der Waals surface area contributed by atoms with Gasteiger partial charge in [0.05, 0.1) is 6.61 Å². The molecule has 0 heterocycles. The number of unbranched alkanes of at least 4 members (excludes halogenated alkanes) is 4. The molecule has 0 N–H and O–H groups in total. The van der Waals surface area contributed by atoms with Gasteiger partial charge in [-0.15, -0.1) is 0 Å². The molecule has 2 aromatic carbocycles. The predicted molar refractivity (Wildman–Crippen MR) is 97.1 cm³/mol. The van der Waals surface area contributed by atoms with Crippen molar-refractivity contribution < 1.29 is 14.3 Å². The van der Waals surface area contributed by atoms with Crippen LogP contribution in [0.15, 0.2) is 54.6 Å². The number of ether oxygens (including phenoxy) is 2. The van der Waals surface area contributed by atoms with Crippen molar-refractivity contribution in [2.45, 2.75) is 39.0 Å². The second-order valence-corrected chi connectivity index (χ2v) is 5.81. The topological polar surface area (TPSA) is 35.5 Å². The van der Waals surface area contributed by atoms with Crippen LogP contribution >= 0.6 is 0 Å². The van der Waals surface area contributed by atoms with E-state index in [0.717, 1.165) is 24.0 Å². The number of hydrogen-bond acceptors (Lipinski definition) is 3. The Hall–Kier alpha value is -2.29. The first kappa shape index (κ1) is 18.1. The molecule has 2 aromatic rings. The molecule has 0 radical (unpaired) electrons. The van der Waals surface area contributed by atoms with E-state index in [1.165, 1.54) is 19.3 Å². The molecule has 0 aliphatic carbocycles. The molecular weight excluding hydrogens is 300 g/mol. The fourth-order valence-corrected chi connectivity index (χ4v) is 2.45. The number of carbonyl (C=O) groups excluding carboxylic acids is 1. The zero-order valence-electron chi connectivity index (χ0n) is 14.4. The van der Waals surface area contributed by atoms with Crippen molar-refractivity contribution in [3.05, 3.63) is 54.6 Å². The van der Waals surface area contributed by atoms with Gasteiger partial charge in [-0.1, -0.05) is 75.1 Å². The van der Waals surface area contributed by atoms with Gasteiger partial charge in [0.15, 0.2) is 6.61 Å². The van der Waals surface area contributed by atoms with Gasteiger partial charge in [0.2, 0.25) is 0 Å². The van der Waals surface area contributed by atoms with Gasteiger partial charge in [-0.25, -0.2) is 4.79 Å². The molecule has 3 nitrogen and oxygen atoms in total. The molecule has 24 heavy (non-hydrogen) atoms. The van der Waals surface area contributed by atoms with Crippen molar-refractivity contribution in [2.75, 3.05) is 13.2 Å². The standard InChI is InChI=1S/C21H26O3/c1-2-3-4-5-9-16-23-21(22)17-24-20-14-12-19(13-15-20)18-10-7-6-8-11-18/h6-8,10-15H,2-5,9,16-17H2,1H3. The Balaban J connectivity index is 1.68. The highest BCUT2D eigenvalue weighted by molar-refractivity contribution is 5.71. The van der Waals surface area contributed by atoms with Gasteiger partial charge in [0, 0.05) is 0 Å². The van der Waals surface area contributed by atoms with E-state index in [2.05, 4.69) is 19.1 Å². The van der Waals surface area contributed by atoms with Gasteiger partial charge in [0.1, 0.15) is 5.75 Å². The Morgan fingerprint density at radius 1 is 0.833 bits per heavy atom. The Labute approximate surface area is 144 Å². The van der Waals surface area contributed by atoms with Crippen LogP contribution < -0.4 is 4.74 Å². The fourth-order valence-electron chi connectivity index (χ4n) is 2.45. The molecule has 0 spiro atoms. The second-order valence-electron chi connectivity index (χ2n) is 5.81. The maximum atomic E-state index is 11.6. The molecule has 0 atom stereocenters. The molecule has 128 valence electrons. The van der Waals surface area contributed by atoms with Crippen molar-refractivity contribution in [1.29, 1.82) is 0 Å². The summed E-state index contributed by atoms with van der Waals surface area (Å²) in [6, 6.07) is 17.9. The molecule has 0 saturated heterocycles. The van der Waals surface area contributed by atoms with Crippen molar-refractivity contribution in [3.8, 4) is 16.9 Å². The summed E-state index contributed by atoms with van der Waals surface area (Å²) in [5.41, 5.74) is 2.28. The van der Waals surface area contributed by atoms with Gasteiger partial charge in [-0.3, -0.25) is 0 Å². The molecular formula is C21H26O3. The van der Waals surface area contributed by atoms with E-state index in [1.54, 1.807) is 0 Å². The summed E-state index contributed by atoms with van der Waals surface area (Å²) in [4.78, 5) is 11.6. The molecule has 0 aromatic heterocycles. The molecule has 0 amide bonds. The van der Waals surface area contributed by atoms with Gasteiger partial charge >= 0.3 is 5.97 Å². The monoisotopic (exact) mass is 326 g/mol. The van der Waals surface area contributed by atoms with Crippen LogP contribution in [0.3, 0.4) is 0 Å². The molecule has 0 aliphatic rings. The first-order chi connectivity index (χ1) is 11.8. The highest BCUT2D eigenvalue weighted by Crippen LogP contribution is 2.21. The first-order valence-corrected chi connectivity index (χ1v) is 8.73. The molecule has 0 bridgehead atoms. The first-order valence-electron chi connectivity index (χ1n) is 8.73. The summed E-state index contributed by atoms with van der Waals surface area (Å²) in [5.74, 6) is 0.368. The van der Waals surface area contributed by atoms with E-state index in [9.17, 15) is 4.79 Å². The predicted octanol–water partition coefficient (Wildman–Crippen LogP) is 5.25.